The van der Waals surface area contributed by atoms with E-state index in [-0.39, 0.29) is 27.7 Å². The topological polar surface area (TPSA) is 117 Å². The molecule has 0 aromatic rings. The first-order chi connectivity index (χ1) is 15.5. The molecule has 9 nitrogen and oxygen atoms in total. The third-order valence-corrected chi connectivity index (χ3v) is 8.95. The van der Waals surface area contributed by atoms with Crippen molar-refractivity contribution < 1.29 is 28.5 Å². The highest BCUT2D eigenvalue weighted by atomic mass is 32.2. The molecule has 1 aliphatic heterocycles. The number of carbonyl (C=O) groups excluding carboxylic acids is 3. The highest BCUT2D eigenvalue weighted by Gasteiger charge is 2.30. The van der Waals surface area contributed by atoms with Gasteiger partial charge in [0, 0.05) is 41.8 Å². The van der Waals surface area contributed by atoms with Gasteiger partial charge in [0.15, 0.2) is 5.12 Å². The molecule has 3 N–H and O–H groups in total. The van der Waals surface area contributed by atoms with Gasteiger partial charge in [-0.1, -0.05) is 32.5 Å². The van der Waals surface area contributed by atoms with Gasteiger partial charge in [-0.2, -0.15) is 0 Å². The van der Waals surface area contributed by atoms with E-state index in [0.29, 0.717) is 19.0 Å². The average Bonchev–Trinajstić information content (AvgIpc) is 3.22. The Labute approximate surface area is 207 Å². The van der Waals surface area contributed by atoms with Crippen LogP contribution < -0.4 is 10.4 Å². The van der Waals surface area contributed by atoms with Gasteiger partial charge in [-0.3, -0.25) is 14.4 Å². The Morgan fingerprint density at radius 1 is 1.30 bits per heavy atom. The van der Waals surface area contributed by atoms with E-state index in [1.807, 2.05) is 27.7 Å². The van der Waals surface area contributed by atoms with E-state index in [1.54, 1.807) is 18.7 Å². The Bertz CT molecular complexity index is 662. The minimum Gasteiger partial charge on any atom is -0.392 e. The van der Waals surface area contributed by atoms with Gasteiger partial charge in [0.05, 0.1) is 24.7 Å². The van der Waals surface area contributed by atoms with E-state index >= 15 is 0 Å². The van der Waals surface area contributed by atoms with Crippen LogP contribution in [0.3, 0.4) is 0 Å². The molecule has 1 fully saturated rings. The maximum Gasteiger partial charge on any atom is 0.256 e. The predicted octanol–water partition coefficient (Wildman–Crippen LogP) is 2.85. The lowest BCUT2D eigenvalue weighted by Crippen LogP contribution is -2.33. The number of thioether (sulfide) groups is 2. The van der Waals surface area contributed by atoms with E-state index in [2.05, 4.69) is 10.4 Å². The van der Waals surface area contributed by atoms with Gasteiger partial charge in [-0.25, -0.2) is 5.09 Å². The quantitative estimate of drug-likeness (QED) is 0.137. The number of hydrogen-bond acceptors (Lipinski definition) is 9. The summed E-state index contributed by atoms with van der Waals surface area (Å²) in [6.45, 7) is 9.98. The Morgan fingerprint density at radius 3 is 2.58 bits per heavy atom. The van der Waals surface area contributed by atoms with Gasteiger partial charge in [0.25, 0.3) is 8.53 Å². The zero-order valence-electron chi connectivity index (χ0n) is 20.3. The largest absolute Gasteiger partial charge is 0.392 e. The summed E-state index contributed by atoms with van der Waals surface area (Å²) in [7, 11) is 0.0747. The molecular formula is C21H38N3O6PS2. The number of nitrogens with one attached hydrogen (secondary N) is 2. The number of hydrogen-bond donors (Lipinski definition) is 3. The van der Waals surface area contributed by atoms with Crippen LogP contribution in [-0.2, 0) is 23.4 Å². The third-order valence-electron chi connectivity index (χ3n) is 4.73. The fourth-order valence-electron chi connectivity index (χ4n) is 2.47. The van der Waals surface area contributed by atoms with Crippen LogP contribution in [0.5, 0.6) is 0 Å². The normalized spacial score (nSPS) is 21.5. The fourth-order valence-corrected chi connectivity index (χ4v) is 6.22. The highest BCUT2D eigenvalue weighted by molar-refractivity contribution is 8.13. The zero-order chi connectivity index (χ0) is 25.0. The van der Waals surface area contributed by atoms with Crippen molar-refractivity contribution in [3.8, 4) is 0 Å². The van der Waals surface area contributed by atoms with Gasteiger partial charge < -0.3 is 24.4 Å². The molecule has 190 valence electrons. The summed E-state index contributed by atoms with van der Waals surface area (Å²) in [5.74, 6) is 0.253. The van der Waals surface area contributed by atoms with Crippen LogP contribution in [0.2, 0.25) is 0 Å². The smallest absolute Gasteiger partial charge is 0.256 e. The molecule has 0 aromatic carbocycles. The summed E-state index contributed by atoms with van der Waals surface area (Å²) in [6.07, 6.45) is 4.62. The first kappa shape index (κ1) is 30.4. The monoisotopic (exact) mass is 523 g/mol. The maximum absolute atomic E-state index is 12.1. The third kappa shape index (κ3) is 12.0. The van der Waals surface area contributed by atoms with Gasteiger partial charge >= 0.3 is 0 Å². The molecular weight excluding hydrogens is 485 g/mol. The number of aliphatic hydroxyl groups is 1. The van der Waals surface area contributed by atoms with Crippen molar-refractivity contribution in [2.45, 2.75) is 70.2 Å². The van der Waals surface area contributed by atoms with E-state index in [9.17, 15) is 19.5 Å². The minimum atomic E-state index is -1.46. The number of aliphatic hydroxyl groups excluding tert-OH is 1. The summed E-state index contributed by atoms with van der Waals surface area (Å²) in [5.41, 5.74) is -0.397. The molecule has 1 rings (SSSR count). The summed E-state index contributed by atoms with van der Waals surface area (Å²) in [5, 5.41) is 15.7. The first-order valence-corrected chi connectivity index (χ1v) is 14.0. The van der Waals surface area contributed by atoms with Gasteiger partial charge in [-0.15, -0.1) is 11.8 Å². The number of rotatable bonds is 14. The van der Waals surface area contributed by atoms with Crippen molar-refractivity contribution in [1.29, 1.82) is 0 Å². The summed E-state index contributed by atoms with van der Waals surface area (Å²) < 4.78 is 11.9. The van der Waals surface area contributed by atoms with Crippen LogP contribution >= 0.6 is 32.0 Å². The lowest BCUT2D eigenvalue weighted by molar-refractivity contribution is -0.118. The molecule has 33 heavy (non-hydrogen) atoms. The SMILES string of the molecule is CNC(=O)/C=C\N(C=O)C1CCC(COP(NC(C)C(C)O)OCCSC(=O)C(C)(C)C)S1. The molecule has 1 saturated heterocycles. The van der Waals surface area contributed by atoms with Gasteiger partial charge in [0.1, 0.15) is 0 Å². The van der Waals surface area contributed by atoms with Crippen molar-refractivity contribution >= 4 is 49.5 Å². The molecule has 0 bridgehead atoms. The number of nitrogens with zero attached hydrogens (tertiary/aromatic N) is 1. The van der Waals surface area contributed by atoms with Gasteiger partial charge in [0.2, 0.25) is 12.3 Å². The molecule has 1 aliphatic rings. The molecule has 12 heteroatoms. The Hall–Kier alpha value is -0.680. The van der Waals surface area contributed by atoms with E-state index < -0.39 is 20.0 Å². The number of carbonyl (C=O) groups is 3. The second-order valence-corrected chi connectivity index (χ2v) is 12.5. The molecule has 1 heterocycles. The molecule has 0 spiro atoms. The molecule has 0 aromatic heterocycles. The second-order valence-electron chi connectivity index (χ2n) is 8.70. The maximum atomic E-state index is 12.1. The van der Waals surface area contributed by atoms with Crippen molar-refractivity contribution in [2.75, 3.05) is 26.0 Å². The first-order valence-electron chi connectivity index (χ1n) is 10.9. The molecule has 0 aliphatic carbocycles. The molecule has 0 radical (unpaired) electrons. The minimum absolute atomic E-state index is 0.0618. The van der Waals surface area contributed by atoms with Gasteiger partial charge in [-0.05, 0) is 26.7 Å². The van der Waals surface area contributed by atoms with Crippen molar-refractivity contribution in [3.05, 3.63) is 12.3 Å². The van der Waals surface area contributed by atoms with Crippen LogP contribution in [0.4, 0.5) is 0 Å². The van der Waals surface area contributed by atoms with Crippen LogP contribution in [0.1, 0.15) is 47.5 Å². The van der Waals surface area contributed by atoms with E-state index in [1.165, 1.54) is 36.0 Å². The van der Waals surface area contributed by atoms with Crippen molar-refractivity contribution in [1.82, 2.24) is 15.3 Å². The Morgan fingerprint density at radius 2 is 2.00 bits per heavy atom. The number of likely N-dealkylation sites (N-methyl/N-ethyl adjacent to an activating group) is 1. The summed E-state index contributed by atoms with van der Waals surface area (Å²) in [4.78, 5) is 36.4. The second kappa shape index (κ2) is 15.3. The lowest BCUT2D eigenvalue weighted by atomic mass is 10.00. The van der Waals surface area contributed by atoms with Crippen LogP contribution in [0.15, 0.2) is 12.3 Å². The van der Waals surface area contributed by atoms with Crippen molar-refractivity contribution in [2.24, 2.45) is 5.41 Å². The standard InChI is InChI=1S/C21H38N3O6PS2/c1-15(16(2)26)23-31(29-11-12-32-20(28)21(3,4)5)30-13-17-7-8-19(33-17)24(14-25)10-9-18(27)22-6/h9-10,14-17,19,23,26H,7-8,11-13H2,1-6H3,(H,22,27)/b10-9-. The average molecular weight is 524 g/mol. The summed E-state index contributed by atoms with van der Waals surface area (Å²) >= 11 is 2.86. The summed E-state index contributed by atoms with van der Waals surface area (Å²) in [6, 6.07) is -0.218. The Kier molecular flexibility index (Phi) is 14.1. The van der Waals surface area contributed by atoms with E-state index in [4.69, 9.17) is 9.05 Å². The predicted molar refractivity (Wildman–Crippen MR) is 136 cm³/mol. The van der Waals surface area contributed by atoms with Crippen LogP contribution in [0, 0.1) is 5.41 Å². The fraction of sp³-hybridized carbons (Fsp3) is 0.762. The molecule has 5 atom stereocenters. The van der Waals surface area contributed by atoms with E-state index in [0.717, 1.165) is 19.3 Å². The molecule has 0 saturated carbocycles. The Balaban J connectivity index is 2.55. The lowest BCUT2D eigenvalue weighted by Gasteiger charge is -2.25. The molecule has 5 unspecified atom stereocenters. The zero-order valence-corrected chi connectivity index (χ0v) is 22.8. The van der Waals surface area contributed by atoms with Crippen LogP contribution in [-0.4, -0.2) is 76.2 Å². The number of amides is 2. The highest BCUT2D eigenvalue weighted by Crippen LogP contribution is 2.40. The van der Waals surface area contributed by atoms with Crippen LogP contribution in [0.25, 0.3) is 0 Å². The molecule has 2 amide bonds. The van der Waals surface area contributed by atoms with Crippen molar-refractivity contribution in [3.63, 3.8) is 0 Å².